The van der Waals surface area contributed by atoms with Crippen molar-refractivity contribution in [3.05, 3.63) is 59.4 Å². The van der Waals surface area contributed by atoms with E-state index >= 15 is 0 Å². The number of nitrogens with zero attached hydrogens (tertiary/aromatic N) is 6. The Bertz CT molecular complexity index is 1210. The Morgan fingerprint density at radius 1 is 1.03 bits per heavy atom. The molecule has 4 unspecified atom stereocenters. The van der Waals surface area contributed by atoms with Crippen LogP contribution in [0.1, 0.15) is 36.7 Å². The highest BCUT2D eigenvalue weighted by molar-refractivity contribution is 5.74. The molecule has 0 saturated carbocycles. The molecule has 2 saturated heterocycles. The molecule has 7 nitrogen and oxygen atoms in total. The molecule has 164 valence electrons. The maximum absolute atomic E-state index is 9.42. The van der Waals surface area contributed by atoms with Crippen LogP contribution in [0, 0.1) is 17.2 Å². The van der Waals surface area contributed by atoms with Crippen molar-refractivity contribution < 1.29 is 0 Å². The normalized spacial score (nSPS) is 27.6. The van der Waals surface area contributed by atoms with Crippen LogP contribution in [0.25, 0.3) is 5.52 Å². The van der Waals surface area contributed by atoms with E-state index in [0.717, 1.165) is 43.9 Å². The first-order chi connectivity index (χ1) is 15.5. The van der Waals surface area contributed by atoms with Crippen molar-refractivity contribution in [1.29, 1.82) is 5.26 Å². The molecular weight excluding hydrogens is 398 g/mol. The molecule has 3 aliphatic heterocycles. The van der Waals surface area contributed by atoms with Gasteiger partial charge in [0.05, 0.1) is 23.4 Å². The molecule has 4 atom stereocenters. The molecule has 0 aliphatic carbocycles. The van der Waals surface area contributed by atoms with Crippen LogP contribution in [-0.4, -0.2) is 52.8 Å². The first-order valence-corrected chi connectivity index (χ1v) is 11.5. The average molecular weight is 428 g/mol. The smallest absolute Gasteiger partial charge is 0.142 e. The summed E-state index contributed by atoms with van der Waals surface area (Å²) < 4.78 is 1.75. The number of nitrogens with two attached hydrogens (primary N) is 1. The summed E-state index contributed by atoms with van der Waals surface area (Å²) in [5, 5.41) is 13.8. The second kappa shape index (κ2) is 7.22. The van der Waals surface area contributed by atoms with Crippen molar-refractivity contribution in [2.24, 2.45) is 11.7 Å². The highest BCUT2D eigenvalue weighted by Gasteiger charge is 2.39. The number of piperazine rings is 1. The first kappa shape index (κ1) is 19.6. The summed E-state index contributed by atoms with van der Waals surface area (Å²) in [4.78, 5) is 7.55. The predicted octanol–water partition coefficient (Wildman–Crippen LogP) is 2.75. The van der Waals surface area contributed by atoms with Crippen LogP contribution in [0.2, 0.25) is 0 Å². The second-order valence-electron chi connectivity index (χ2n) is 9.72. The fourth-order valence-corrected chi connectivity index (χ4v) is 5.86. The Morgan fingerprint density at radius 2 is 1.91 bits per heavy atom. The number of hydrogen-bond donors (Lipinski definition) is 1. The van der Waals surface area contributed by atoms with E-state index in [9.17, 15) is 5.26 Å². The van der Waals surface area contributed by atoms with Gasteiger partial charge in [-0.15, -0.1) is 0 Å². The standard InChI is InChI=1S/C25H29N7/c1-16-11-29(14-22(16)27)19-3-5-21-18(9-19)13-31-17(2)12-30(15-25(21)31)23-6-4-20(10-26)32-24(23)7-8-28-32/h3-9,16-17,22,25H,11-15,27H2,1-2H3. The van der Waals surface area contributed by atoms with Gasteiger partial charge in [-0.1, -0.05) is 13.0 Å². The summed E-state index contributed by atoms with van der Waals surface area (Å²) in [7, 11) is 0. The lowest BCUT2D eigenvalue weighted by atomic mass is 10.0. The van der Waals surface area contributed by atoms with E-state index in [2.05, 4.69) is 64.0 Å². The van der Waals surface area contributed by atoms with E-state index in [1.54, 1.807) is 10.7 Å². The van der Waals surface area contributed by atoms with Crippen molar-refractivity contribution in [2.75, 3.05) is 36.0 Å². The molecule has 2 aromatic heterocycles. The first-order valence-electron chi connectivity index (χ1n) is 11.5. The third kappa shape index (κ3) is 2.90. The van der Waals surface area contributed by atoms with Crippen molar-refractivity contribution in [1.82, 2.24) is 14.5 Å². The Hall–Kier alpha value is -3.08. The SMILES string of the molecule is CC1CN(c2ccc3c(c2)CN2C(C)CN(c4ccc(C#N)n5nccc45)CC32)CC1N. The van der Waals surface area contributed by atoms with E-state index < -0.39 is 0 Å². The topological polar surface area (TPSA) is 76.8 Å². The molecule has 6 rings (SSSR count). The van der Waals surface area contributed by atoms with Gasteiger partial charge in [0, 0.05) is 50.5 Å². The van der Waals surface area contributed by atoms with Crippen LogP contribution < -0.4 is 15.5 Å². The van der Waals surface area contributed by atoms with Gasteiger partial charge < -0.3 is 15.5 Å². The molecule has 0 spiro atoms. The third-order valence-corrected chi connectivity index (χ3v) is 7.71. The monoisotopic (exact) mass is 427 g/mol. The molecular formula is C25H29N7. The molecule has 0 bridgehead atoms. The van der Waals surface area contributed by atoms with E-state index in [1.807, 2.05) is 12.1 Å². The molecule has 2 fully saturated rings. The van der Waals surface area contributed by atoms with Crippen LogP contribution in [0.4, 0.5) is 11.4 Å². The summed E-state index contributed by atoms with van der Waals surface area (Å²) in [5.41, 5.74) is 13.2. The lowest BCUT2D eigenvalue weighted by molar-refractivity contribution is 0.134. The van der Waals surface area contributed by atoms with Gasteiger partial charge in [0.1, 0.15) is 11.8 Å². The number of anilines is 2. The highest BCUT2D eigenvalue weighted by atomic mass is 15.3. The average Bonchev–Trinajstić information content (AvgIpc) is 3.50. The van der Waals surface area contributed by atoms with Crippen LogP contribution >= 0.6 is 0 Å². The second-order valence-corrected chi connectivity index (χ2v) is 9.72. The number of hydrogen-bond acceptors (Lipinski definition) is 6. The van der Waals surface area contributed by atoms with Crippen molar-refractivity contribution in [2.45, 2.75) is 38.5 Å². The van der Waals surface area contributed by atoms with E-state index in [0.29, 0.717) is 23.7 Å². The van der Waals surface area contributed by atoms with E-state index in [-0.39, 0.29) is 6.04 Å². The van der Waals surface area contributed by atoms with E-state index in [1.165, 1.54) is 16.8 Å². The van der Waals surface area contributed by atoms with E-state index in [4.69, 9.17) is 5.73 Å². The molecule has 1 aromatic carbocycles. The zero-order valence-electron chi connectivity index (χ0n) is 18.6. The van der Waals surface area contributed by atoms with Crippen LogP contribution in [0.3, 0.4) is 0 Å². The Kier molecular flexibility index (Phi) is 4.42. The molecule has 0 amide bonds. The minimum atomic E-state index is 0.260. The minimum Gasteiger partial charge on any atom is -0.370 e. The number of pyridine rings is 1. The van der Waals surface area contributed by atoms with Crippen LogP contribution in [0.15, 0.2) is 42.6 Å². The molecule has 0 radical (unpaired) electrons. The Balaban J connectivity index is 1.31. The predicted molar refractivity (Wildman–Crippen MR) is 126 cm³/mol. The molecule has 3 aliphatic rings. The summed E-state index contributed by atoms with van der Waals surface area (Å²) in [6, 6.07) is 16.3. The molecule has 32 heavy (non-hydrogen) atoms. The number of nitriles is 1. The molecule has 3 aromatic rings. The largest absolute Gasteiger partial charge is 0.370 e. The summed E-state index contributed by atoms with van der Waals surface area (Å²) in [5.74, 6) is 0.538. The van der Waals surface area contributed by atoms with Gasteiger partial charge in [0.15, 0.2) is 0 Å². The molecule has 2 N–H and O–H groups in total. The summed E-state index contributed by atoms with van der Waals surface area (Å²) in [6.45, 7) is 9.46. The van der Waals surface area contributed by atoms with Gasteiger partial charge in [-0.3, -0.25) is 4.90 Å². The van der Waals surface area contributed by atoms with Gasteiger partial charge in [0.25, 0.3) is 0 Å². The minimum absolute atomic E-state index is 0.260. The Labute approximate surface area is 188 Å². The number of aromatic nitrogens is 2. The van der Waals surface area contributed by atoms with Crippen molar-refractivity contribution >= 4 is 16.9 Å². The molecule has 5 heterocycles. The van der Waals surface area contributed by atoms with Crippen LogP contribution in [-0.2, 0) is 6.54 Å². The lowest BCUT2D eigenvalue weighted by Gasteiger charge is -2.43. The zero-order valence-corrected chi connectivity index (χ0v) is 18.6. The number of fused-ring (bicyclic) bond motifs is 4. The van der Waals surface area contributed by atoms with Gasteiger partial charge >= 0.3 is 0 Å². The van der Waals surface area contributed by atoms with Crippen molar-refractivity contribution in [3.8, 4) is 6.07 Å². The fourth-order valence-electron chi connectivity index (χ4n) is 5.86. The fraction of sp³-hybridized carbons (Fsp3) is 0.440. The maximum atomic E-state index is 9.42. The van der Waals surface area contributed by atoms with Gasteiger partial charge in [-0.05, 0) is 54.3 Å². The molecule has 7 heteroatoms. The summed E-state index contributed by atoms with van der Waals surface area (Å²) >= 11 is 0. The maximum Gasteiger partial charge on any atom is 0.142 e. The number of rotatable bonds is 2. The highest BCUT2D eigenvalue weighted by Crippen LogP contribution is 2.42. The zero-order chi connectivity index (χ0) is 22.0. The number of benzene rings is 1. The van der Waals surface area contributed by atoms with Gasteiger partial charge in [-0.2, -0.15) is 10.4 Å². The quantitative estimate of drug-likeness (QED) is 0.678. The summed E-state index contributed by atoms with van der Waals surface area (Å²) in [6.07, 6.45) is 1.77. The Morgan fingerprint density at radius 3 is 2.69 bits per heavy atom. The lowest BCUT2D eigenvalue weighted by Crippen LogP contribution is -2.51. The van der Waals surface area contributed by atoms with Gasteiger partial charge in [0.2, 0.25) is 0 Å². The third-order valence-electron chi connectivity index (χ3n) is 7.71. The van der Waals surface area contributed by atoms with Crippen LogP contribution in [0.5, 0.6) is 0 Å². The van der Waals surface area contributed by atoms with Gasteiger partial charge in [-0.25, -0.2) is 4.52 Å². The van der Waals surface area contributed by atoms with Crippen molar-refractivity contribution in [3.63, 3.8) is 0 Å².